The minimum Gasteiger partial charge on any atom is -0.376 e. The van der Waals surface area contributed by atoms with Gasteiger partial charge in [-0.05, 0) is 15.9 Å². The third-order valence-corrected chi connectivity index (χ3v) is 3.16. The molecule has 1 atom stereocenters. The van der Waals surface area contributed by atoms with Crippen LogP contribution in [-0.4, -0.2) is 49.5 Å². The van der Waals surface area contributed by atoms with Crippen molar-refractivity contribution in [1.29, 1.82) is 0 Å². The lowest BCUT2D eigenvalue weighted by molar-refractivity contribution is -0.0819. The van der Waals surface area contributed by atoms with Crippen molar-refractivity contribution in [1.82, 2.24) is 9.97 Å². The Balaban J connectivity index is 1.93. The Kier molecular flexibility index (Phi) is 4.52. The summed E-state index contributed by atoms with van der Waals surface area (Å²) < 4.78 is 11.7. The fourth-order valence-electron chi connectivity index (χ4n) is 1.53. The number of rotatable bonds is 4. The van der Waals surface area contributed by atoms with Crippen molar-refractivity contribution in [2.45, 2.75) is 6.10 Å². The fourth-order valence-corrected chi connectivity index (χ4v) is 2.08. The van der Waals surface area contributed by atoms with E-state index in [2.05, 4.69) is 36.5 Å². The lowest BCUT2D eigenvalue weighted by atomic mass is 10.3. The number of ether oxygens (including phenoxy) is 2. The van der Waals surface area contributed by atoms with Crippen LogP contribution >= 0.6 is 15.9 Å². The van der Waals surface area contributed by atoms with Gasteiger partial charge in [0.2, 0.25) is 0 Å². The average Bonchev–Trinajstić information content (AvgIpc) is 2.39. The van der Waals surface area contributed by atoms with E-state index in [0.29, 0.717) is 26.4 Å². The maximum Gasteiger partial charge on any atom is 0.146 e. The number of nitrogens with one attached hydrogen (secondary N) is 2. The summed E-state index contributed by atoms with van der Waals surface area (Å²) in [6.45, 7) is 2.62. The van der Waals surface area contributed by atoms with Crippen LogP contribution in [0.25, 0.3) is 0 Å². The predicted octanol–water partition coefficient (Wildman–Crippen LogP) is 1.11. The molecule has 6 nitrogen and oxygen atoms in total. The molecule has 2 heterocycles. The van der Waals surface area contributed by atoms with Crippen LogP contribution in [0.5, 0.6) is 0 Å². The summed E-state index contributed by atoms with van der Waals surface area (Å²) in [4.78, 5) is 8.25. The minimum atomic E-state index is 0.0728. The quantitative estimate of drug-likeness (QED) is 0.868. The maximum atomic E-state index is 5.53. The summed E-state index contributed by atoms with van der Waals surface area (Å²) in [5.41, 5.74) is 0. The molecule has 1 aromatic rings. The maximum absolute atomic E-state index is 5.53. The number of aromatic nitrogens is 2. The van der Waals surface area contributed by atoms with Crippen molar-refractivity contribution in [2.75, 3.05) is 44.0 Å². The molecule has 1 fully saturated rings. The Morgan fingerprint density at radius 3 is 2.94 bits per heavy atom. The summed E-state index contributed by atoms with van der Waals surface area (Å²) in [5, 5.41) is 6.19. The average molecular weight is 303 g/mol. The molecule has 0 saturated carbocycles. The Morgan fingerprint density at radius 2 is 2.24 bits per heavy atom. The SMILES string of the molecule is CNc1ncnc(NCC2COCCO2)c1Br. The molecule has 1 aliphatic rings. The molecule has 17 heavy (non-hydrogen) atoms. The first-order chi connectivity index (χ1) is 8.31. The molecule has 94 valence electrons. The first-order valence-electron chi connectivity index (χ1n) is 5.42. The summed E-state index contributed by atoms with van der Waals surface area (Å²) in [7, 11) is 1.81. The smallest absolute Gasteiger partial charge is 0.146 e. The van der Waals surface area contributed by atoms with E-state index < -0.39 is 0 Å². The van der Waals surface area contributed by atoms with E-state index in [1.807, 2.05) is 7.05 Å². The molecule has 2 N–H and O–H groups in total. The number of nitrogens with zero attached hydrogens (tertiary/aromatic N) is 2. The van der Waals surface area contributed by atoms with Gasteiger partial charge in [0.25, 0.3) is 0 Å². The third-order valence-electron chi connectivity index (χ3n) is 2.41. The first-order valence-corrected chi connectivity index (χ1v) is 6.22. The van der Waals surface area contributed by atoms with Crippen LogP contribution in [-0.2, 0) is 9.47 Å². The molecule has 0 amide bonds. The third kappa shape index (κ3) is 3.27. The molecule has 1 saturated heterocycles. The lowest BCUT2D eigenvalue weighted by Crippen LogP contribution is -2.34. The van der Waals surface area contributed by atoms with E-state index in [4.69, 9.17) is 9.47 Å². The molecule has 1 aromatic heterocycles. The number of halogens is 1. The molecule has 0 aliphatic carbocycles. The van der Waals surface area contributed by atoms with E-state index in [1.165, 1.54) is 6.33 Å². The minimum absolute atomic E-state index is 0.0728. The van der Waals surface area contributed by atoms with Gasteiger partial charge in [-0.15, -0.1) is 0 Å². The Hall–Kier alpha value is -0.920. The standard InChI is InChI=1S/C10H15BrN4O2/c1-12-9-8(11)10(15-6-14-9)13-4-7-5-16-2-3-17-7/h6-7H,2-5H2,1H3,(H2,12,13,14,15). The second-order valence-corrected chi connectivity index (χ2v) is 4.38. The van der Waals surface area contributed by atoms with Crippen molar-refractivity contribution in [3.8, 4) is 0 Å². The van der Waals surface area contributed by atoms with Crippen LogP contribution in [0.4, 0.5) is 11.6 Å². The van der Waals surface area contributed by atoms with Crippen LogP contribution < -0.4 is 10.6 Å². The van der Waals surface area contributed by atoms with Gasteiger partial charge in [0.05, 0.1) is 25.9 Å². The number of hydrogen-bond donors (Lipinski definition) is 2. The Bertz CT molecular complexity index is 371. The van der Waals surface area contributed by atoms with Crippen LogP contribution in [0, 0.1) is 0 Å². The zero-order valence-electron chi connectivity index (χ0n) is 9.57. The largest absolute Gasteiger partial charge is 0.376 e. The van der Waals surface area contributed by atoms with Crippen LogP contribution in [0.2, 0.25) is 0 Å². The van der Waals surface area contributed by atoms with Crippen LogP contribution in [0.15, 0.2) is 10.8 Å². The van der Waals surface area contributed by atoms with Gasteiger partial charge in [0, 0.05) is 13.6 Å². The van der Waals surface area contributed by atoms with Crippen LogP contribution in [0.3, 0.4) is 0 Å². The second kappa shape index (κ2) is 6.13. The van der Waals surface area contributed by atoms with Gasteiger partial charge in [-0.1, -0.05) is 0 Å². The van der Waals surface area contributed by atoms with E-state index in [1.54, 1.807) is 0 Å². The van der Waals surface area contributed by atoms with Crippen molar-refractivity contribution in [3.63, 3.8) is 0 Å². The zero-order chi connectivity index (χ0) is 12.1. The summed E-state index contributed by atoms with van der Waals surface area (Å²) in [6.07, 6.45) is 1.58. The monoisotopic (exact) mass is 302 g/mol. The van der Waals surface area contributed by atoms with E-state index in [0.717, 1.165) is 16.1 Å². The molecule has 1 aliphatic heterocycles. The predicted molar refractivity (Wildman–Crippen MR) is 68.3 cm³/mol. The number of hydrogen-bond acceptors (Lipinski definition) is 6. The molecule has 0 radical (unpaired) electrons. The van der Waals surface area contributed by atoms with Gasteiger partial charge >= 0.3 is 0 Å². The van der Waals surface area contributed by atoms with Crippen molar-refractivity contribution in [3.05, 3.63) is 10.8 Å². The molecule has 7 heteroatoms. The highest BCUT2D eigenvalue weighted by Gasteiger charge is 2.15. The first kappa shape index (κ1) is 12.5. The van der Waals surface area contributed by atoms with Gasteiger partial charge < -0.3 is 20.1 Å². The lowest BCUT2D eigenvalue weighted by Gasteiger charge is -2.23. The second-order valence-electron chi connectivity index (χ2n) is 3.58. The Labute approximate surface area is 108 Å². The number of anilines is 2. The zero-order valence-corrected chi connectivity index (χ0v) is 11.2. The molecule has 1 unspecified atom stereocenters. The molecular weight excluding hydrogens is 288 g/mol. The normalized spacial score (nSPS) is 20.0. The summed E-state index contributed by atoms with van der Waals surface area (Å²) in [5.74, 6) is 1.50. The molecule has 0 aromatic carbocycles. The molecule has 2 rings (SSSR count). The van der Waals surface area contributed by atoms with E-state index >= 15 is 0 Å². The van der Waals surface area contributed by atoms with Crippen molar-refractivity contribution in [2.24, 2.45) is 0 Å². The molecule has 0 bridgehead atoms. The van der Waals surface area contributed by atoms with Gasteiger partial charge in [0.15, 0.2) is 0 Å². The van der Waals surface area contributed by atoms with Gasteiger partial charge in [-0.25, -0.2) is 9.97 Å². The van der Waals surface area contributed by atoms with Crippen molar-refractivity contribution >= 4 is 27.6 Å². The Morgan fingerprint density at radius 1 is 1.41 bits per heavy atom. The van der Waals surface area contributed by atoms with Gasteiger partial charge in [0.1, 0.15) is 22.4 Å². The fraction of sp³-hybridized carbons (Fsp3) is 0.600. The van der Waals surface area contributed by atoms with Crippen LogP contribution in [0.1, 0.15) is 0 Å². The van der Waals surface area contributed by atoms with E-state index in [-0.39, 0.29) is 6.10 Å². The highest BCUT2D eigenvalue weighted by Crippen LogP contribution is 2.25. The topological polar surface area (TPSA) is 68.3 Å². The van der Waals surface area contributed by atoms with Crippen molar-refractivity contribution < 1.29 is 9.47 Å². The molecular formula is C10H15BrN4O2. The van der Waals surface area contributed by atoms with Gasteiger partial charge in [-0.3, -0.25) is 0 Å². The summed E-state index contributed by atoms with van der Waals surface area (Å²) in [6, 6.07) is 0. The van der Waals surface area contributed by atoms with E-state index in [9.17, 15) is 0 Å². The molecule has 0 spiro atoms. The highest BCUT2D eigenvalue weighted by molar-refractivity contribution is 9.10. The highest BCUT2D eigenvalue weighted by atomic mass is 79.9. The van der Waals surface area contributed by atoms with Gasteiger partial charge in [-0.2, -0.15) is 0 Å². The summed E-state index contributed by atoms with van der Waals surface area (Å²) >= 11 is 3.44.